The molecule has 0 unspecified atom stereocenters. The largest absolute Gasteiger partial charge is 0.311 e. The Labute approximate surface area is 144 Å². The van der Waals surface area contributed by atoms with E-state index in [2.05, 4.69) is 23.2 Å². The highest BCUT2D eigenvalue weighted by atomic mass is 32.2. The van der Waals surface area contributed by atoms with Gasteiger partial charge in [0.05, 0.1) is 11.4 Å². The molecule has 0 saturated heterocycles. The van der Waals surface area contributed by atoms with Crippen LogP contribution in [-0.2, 0) is 11.8 Å². The molecule has 1 amide bonds. The van der Waals surface area contributed by atoms with Crippen molar-refractivity contribution in [1.82, 2.24) is 14.8 Å². The minimum atomic E-state index is 0.123. The second-order valence-corrected chi connectivity index (χ2v) is 8.03. The van der Waals surface area contributed by atoms with Crippen LogP contribution < -0.4 is 4.90 Å². The minimum Gasteiger partial charge on any atom is -0.311 e. The maximum Gasteiger partial charge on any atom is 0.237 e. The number of fused-ring (bicyclic) bond motifs is 1. The number of hydrogen-bond acceptors (Lipinski definition) is 5. The third-order valence-electron chi connectivity index (χ3n) is 3.92. The fourth-order valence-corrected chi connectivity index (χ4v) is 4.41. The third-order valence-corrected chi connectivity index (χ3v) is 6.16. The zero-order valence-corrected chi connectivity index (χ0v) is 15.2. The maximum atomic E-state index is 12.8. The topological polar surface area (TPSA) is 51.0 Å². The smallest absolute Gasteiger partial charge is 0.237 e. The summed E-state index contributed by atoms with van der Waals surface area (Å²) < 4.78 is 1.91. The van der Waals surface area contributed by atoms with E-state index in [0.717, 1.165) is 29.6 Å². The van der Waals surface area contributed by atoms with Gasteiger partial charge in [0.25, 0.3) is 0 Å². The lowest BCUT2D eigenvalue weighted by Gasteiger charge is -2.22. The number of para-hydroxylation sites is 1. The van der Waals surface area contributed by atoms with Gasteiger partial charge < -0.3 is 9.47 Å². The molecule has 0 spiro atoms. The number of amides is 1. The summed E-state index contributed by atoms with van der Waals surface area (Å²) in [6.45, 7) is 4.89. The van der Waals surface area contributed by atoms with Crippen LogP contribution in [0.5, 0.6) is 0 Å². The summed E-state index contributed by atoms with van der Waals surface area (Å²) in [5.41, 5.74) is 1.03. The van der Waals surface area contributed by atoms with Crippen molar-refractivity contribution < 1.29 is 4.79 Å². The van der Waals surface area contributed by atoms with Crippen molar-refractivity contribution in [3.05, 3.63) is 30.1 Å². The molecule has 0 N–H and O–H groups in total. The number of nitrogens with zero attached hydrogens (tertiary/aromatic N) is 4. The second-order valence-electron chi connectivity index (χ2n) is 5.61. The lowest BCUT2D eigenvalue weighted by atomic mass is 10.2. The highest BCUT2D eigenvalue weighted by molar-refractivity contribution is 8.00. The highest BCUT2D eigenvalue weighted by Crippen LogP contribution is 2.37. The monoisotopic (exact) mass is 348 g/mol. The van der Waals surface area contributed by atoms with E-state index in [1.807, 2.05) is 53.4 Å². The average molecular weight is 348 g/mol. The van der Waals surface area contributed by atoms with Gasteiger partial charge in [0.2, 0.25) is 5.91 Å². The zero-order chi connectivity index (χ0) is 16.4. The first kappa shape index (κ1) is 16.4. The summed E-state index contributed by atoms with van der Waals surface area (Å²) in [5.74, 6) is 1.35. The van der Waals surface area contributed by atoms with Crippen LogP contribution in [-0.4, -0.2) is 38.2 Å². The fraction of sp³-hybridized carbons (Fsp3) is 0.438. The Morgan fingerprint density at radius 1 is 1.39 bits per heavy atom. The number of aromatic nitrogens is 3. The molecule has 0 radical (unpaired) electrons. The summed E-state index contributed by atoms with van der Waals surface area (Å²) in [7, 11) is 1.92. The predicted molar refractivity (Wildman–Crippen MR) is 95.2 cm³/mol. The van der Waals surface area contributed by atoms with Gasteiger partial charge in [0.15, 0.2) is 5.16 Å². The fourth-order valence-electron chi connectivity index (χ4n) is 2.46. The molecule has 0 saturated carbocycles. The van der Waals surface area contributed by atoms with Crippen molar-refractivity contribution in [2.45, 2.75) is 35.6 Å². The summed E-state index contributed by atoms with van der Waals surface area (Å²) in [5, 5.41) is 9.44. The van der Waals surface area contributed by atoms with Gasteiger partial charge in [-0.25, -0.2) is 0 Å². The van der Waals surface area contributed by atoms with Gasteiger partial charge in [0.1, 0.15) is 5.82 Å². The normalized spacial score (nSPS) is 17.7. The number of carbonyl (C=O) groups excluding carboxylic acids is 1. The first-order valence-corrected chi connectivity index (χ1v) is 9.47. The van der Waals surface area contributed by atoms with E-state index in [0.29, 0.717) is 11.0 Å². The van der Waals surface area contributed by atoms with Gasteiger partial charge in [-0.1, -0.05) is 30.8 Å². The first-order chi connectivity index (χ1) is 11.1. The van der Waals surface area contributed by atoms with Crippen molar-refractivity contribution >= 4 is 35.1 Å². The number of thioether (sulfide) groups is 2. The van der Waals surface area contributed by atoms with Crippen molar-refractivity contribution in [1.29, 1.82) is 0 Å². The number of hydrogen-bond donors (Lipinski definition) is 0. The molecule has 2 heterocycles. The van der Waals surface area contributed by atoms with Crippen LogP contribution in [0.3, 0.4) is 0 Å². The minimum absolute atomic E-state index is 0.123. The highest BCUT2D eigenvalue weighted by Gasteiger charge is 2.24. The van der Waals surface area contributed by atoms with Gasteiger partial charge in [-0.05, 0) is 25.5 Å². The standard InChI is InChI=1S/C16H20N4OS2/c1-11-8-9-20(13-6-4-5-7-14(13)23-11)15(21)10-22-16-18-17-12(2)19(16)3/h4-7,11H,8-10H2,1-3H3/t11-/m0/s1. The molecule has 0 bridgehead atoms. The van der Waals surface area contributed by atoms with Gasteiger partial charge in [-0.3, -0.25) is 4.79 Å². The Bertz CT molecular complexity index is 716. The molecular formula is C16H20N4OS2. The Balaban J connectivity index is 1.75. The van der Waals surface area contributed by atoms with Crippen LogP contribution in [0.2, 0.25) is 0 Å². The summed E-state index contributed by atoms with van der Waals surface area (Å²) in [6.07, 6.45) is 0.999. The van der Waals surface area contributed by atoms with E-state index in [-0.39, 0.29) is 5.91 Å². The molecule has 1 aromatic heterocycles. The second kappa shape index (κ2) is 6.97. The molecule has 0 aliphatic carbocycles. The molecule has 1 aromatic carbocycles. The Hall–Kier alpha value is -1.47. The molecule has 122 valence electrons. The maximum absolute atomic E-state index is 12.8. The number of carbonyl (C=O) groups is 1. The van der Waals surface area contributed by atoms with Gasteiger partial charge >= 0.3 is 0 Å². The lowest BCUT2D eigenvalue weighted by molar-refractivity contribution is -0.116. The van der Waals surface area contributed by atoms with Crippen LogP contribution in [0.4, 0.5) is 5.69 Å². The molecule has 0 fully saturated rings. The number of anilines is 1. The molecule has 3 rings (SSSR count). The van der Waals surface area contributed by atoms with Crippen LogP contribution >= 0.6 is 23.5 Å². The lowest BCUT2D eigenvalue weighted by Crippen LogP contribution is -2.33. The Kier molecular flexibility index (Phi) is 4.96. The van der Waals surface area contributed by atoms with Crippen molar-refractivity contribution in [2.75, 3.05) is 17.2 Å². The summed E-state index contributed by atoms with van der Waals surface area (Å²) in [6, 6.07) is 8.16. The number of benzene rings is 1. The van der Waals surface area contributed by atoms with Gasteiger partial charge in [-0.15, -0.1) is 22.0 Å². The third kappa shape index (κ3) is 3.55. The molecular weight excluding hydrogens is 328 g/mol. The van der Waals surface area contributed by atoms with Crippen molar-refractivity contribution in [3.63, 3.8) is 0 Å². The van der Waals surface area contributed by atoms with Crippen LogP contribution in [0.25, 0.3) is 0 Å². The van der Waals surface area contributed by atoms with Gasteiger partial charge in [0, 0.05) is 23.7 Å². The molecule has 23 heavy (non-hydrogen) atoms. The van der Waals surface area contributed by atoms with E-state index < -0.39 is 0 Å². The molecule has 2 aromatic rings. The van der Waals surface area contributed by atoms with Crippen LogP contribution in [0.1, 0.15) is 19.2 Å². The zero-order valence-electron chi connectivity index (χ0n) is 13.5. The quantitative estimate of drug-likeness (QED) is 0.798. The molecule has 7 heteroatoms. The van der Waals surface area contributed by atoms with E-state index in [1.165, 1.54) is 16.7 Å². The Morgan fingerprint density at radius 3 is 2.91 bits per heavy atom. The van der Waals surface area contributed by atoms with Crippen LogP contribution in [0, 0.1) is 6.92 Å². The van der Waals surface area contributed by atoms with Gasteiger partial charge in [-0.2, -0.15) is 0 Å². The number of aryl methyl sites for hydroxylation is 1. The van der Waals surface area contributed by atoms with E-state index in [4.69, 9.17) is 0 Å². The average Bonchev–Trinajstić information content (AvgIpc) is 2.76. The summed E-state index contributed by atoms with van der Waals surface area (Å²) >= 11 is 3.29. The molecule has 1 atom stereocenters. The van der Waals surface area contributed by atoms with Crippen molar-refractivity contribution in [3.8, 4) is 0 Å². The number of rotatable bonds is 3. The molecule has 1 aliphatic heterocycles. The molecule has 1 aliphatic rings. The Morgan fingerprint density at radius 2 is 2.17 bits per heavy atom. The summed E-state index contributed by atoms with van der Waals surface area (Å²) in [4.78, 5) is 15.9. The van der Waals surface area contributed by atoms with Crippen LogP contribution in [0.15, 0.2) is 34.3 Å². The molecule has 5 nitrogen and oxygen atoms in total. The van der Waals surface area contributed by atoms with E-state index in [9.17, 15) is 4.79 Å². The van der Waals surface area contributed by atoms with E-state index >= 15 is 0 Å². The van der Waals surface area contributed by atoms with Crippen molar-refractivity contribution in [2.24, 2.45) is 7.05 Å². The SMILES string of the molecule is Cc1nnc(SCC(=O)N2CC[C@H](C)Sc3ccccc32)n1C. The predicted octanol–water partition coefficient (Wildman–Crippen LogP) is 3.13. The van der Waals surface area contributed by atoms with E-state index in [1.54, 1.807) is 0 Å². The first-order valence-electron chi connectivity index (χ1n) is 7.61.